The van der Waals surface area contributed by atoms with Gasteiger partial charge in [-0.25, -0.2) is 4.79 Å². The Morgan fingerprint density at radius 1 is 1.67 bits per heavy atom. The van der Waals surface area contributed by atoms with Crippen molar-refractivity contribution in [1.29, 1.82) is 0 Å². The zero-order chi connectivity index (χ0) is 8.27. The summed E-state index contributed by atoms with van der Waals surface area (Å²) in [6, 6.07) is 3.20. The number of aliphatic imine (C=N–C) groups is 1. The van der Waals surface area contributed by atoms with E-state index >= 15 is 0 Å². The third-order valence-corrected chi connectivity index (χ3v) is 1.80. The van der Waals surface area contributed by atoms with Crippen molar-refractivity contribution < 1.29 is 63.7 Å². The molecule has 0 aliphatic carbocycles. The van der Waals surface area contributed by atoms with Crippen LogP contribution in [0, 0.1) is 49.4 Å². The van der Waals surface area contributed by atoms with Gasteiger partial charge >= 0.3 is 6.16 Å². The molecule has 1 N–H and O–H groups in total. The first-order valence-electron chi connectivity index (χ1n) is 2.71. The van der Waals surface area contributed by atoms with Gasteiger partial charge < -0.3 is 5.11 Å². The van der Waals surface area contributed by atoms with Crippen molar-refractivity contribution in [3.05, 3.63) is 22.4 Å². The van der Waals surface area contributed by atoms with E-state index in [4.69, 9.17) is 5.11 Å². The van der Waals surface area contributed by atoms with Crippen molar-refractivity contribution in [3.8, 4) is 0 Å². The molecule has 0 aliphatic rings. The molecule has 1 amide bonds. The predicted octanol–water partition coefficient (Wildman–Crippen LogP) is 2.14. The molecular weight excluding hydrogens is 321 g/mol. The Kier molecular flexibility index (Phi) is 6.08. The number of halogens is 1. The van der Waals surface area contributed by atoms with Crippen molar-refractivity contribution in [2.75, 3.05) is 0 Å². The van der Waals surface area contributed by atoms with Crippen molar-refractivity contribution in [3.63, 3.8) is 0 Å². The van der Waals surface area contributed by atoms with Gasteiger partial charge in [-0.3, -0.25) is 0 Å². The Labute approximate surface area is 113 Å². The van der Waals surface area contributed by atoms with Crippen LogP contribution in [-0.4, -0.2) is 17.2 Å². The largest absolute Gasteiger partial charge is 0.492 e. The van der Waals surface area contributed by atoms with E-state index in [-0.39, 0.29) is 49.4 Å². The molecule has 1 radical (unpaired) electrons. The molecular formula is C6H4EuFNO2S. The van der Waals surface area contributed by atoms with E-state index in [0.717, 1.165) is 0 Å². The number of aliphatic hydroxyl groups is 1. The number of aliphatic hydroxyl groups excluding tert-OH is 1. The van der Waals surface area contributed by atoms with Crippen molar-refractivity contribution in [1.82, 2.24) is 0 Å². The number of carbonyl (C=O) groups excluding carboxylic acids is 1. The van der Waals surface area contributed by atoms with Crippen LogP contribution >= 0.6 is 11.3 Å². The van der Waals surface area contributed by atoms with Crippen LogP contribution in [0.4, 0.5) is 9.18 Å². The van der Waals surface area contributed by atoms with Crippen LogP contribution < -0.4 is 0 Å². The Hall–Kier alpha value is 0.354. The van der Waals surface area contributed by atoms with Gasteiger partial charge in [-0.15, -0.1) is 20.7 Å². The standard InChI is InChI=1S/C6H4FNO2S.Eu/c7-6(10)8-5(9)4-2-1-3-11-4;/h1-3H,(H,8,9,10);. The summed E-state index contributed by atoms with van der Waals surface area (Å²) in [7, 11) is 0. The number of carbonyl (C=O) groups is 1. The van der Waals surface area contributed by atoms with Gasteiger partial charge in [0.15, 0.2) is 0 Å². The van der Waals surface area contributed by atoms with Gasteiger partial charge in [-0.2, -0.15) is 0 Å². The smallest absolute Gasteiger partial charge is 0.427 e. The maximum absolute atomic E-state index is 11.6. The molecule has 12 heavy (non-hydrogen) atoms. The van der Waals surface area contributed by atoms with Gasteiger partial charge in [-0.1, -0.05) is 6.07 Å². The van der Waals surface area contributed by atoms with Gasteiger partial charge in [0.2, 0.25) is 5.90 Å². The number of rotatable bonds is 1. The average molecular weight is 325 g/mol. The number of hydrogen-bond acceptors (Lipinski definition) is 2. The van der Waals surface area contributed by atoms with Crippen molar-refractivity contribution in [2.45, 2.75) is 0 Å². The fraction of sp³-hybridized carbons (Fsp3) is 0. The number of hydrogen-bond donors (Lipinski definition) is 1. The van der Waals surface area contributed by atoms with Crippen LogP contribution in [0.2, 0.25) is 0 Å². The fourth-order valence-corrected chi connectivity index (χ4v) is 1.16. The molecule has 0 saturated carbocycles. The van der Waals surface area contributed by atoms with E-state index < -0.39 is 12.1 Å². The normalized spacial score (nSPS) is 10.6. The van der Waals surface area contributed by atoms with Crippen LogP contribution in [0.25, 0.3) is 0 Å². The summed E-state index contributed by atoms with van der Waals surface area (Å²) in [6.07, 6.45) is -1.89. The number of amides is 1. The summed E-state index contributed by atoms with van der Waals surface area (Å²) in [5.74, 6) is -0.576. The van der Waals surface area contributed by atoms with Crippen molar-refractivity contribution >= 4 is 23.4 Å². The summed E-state index contributed by atoms with van der Waals surface area (Å²) in [5.41, 5.74) is 0. The van der Waals surface area contributed by atoms with E-state index in [1.54, 1.807) is 11.4 Å². The number of thiophene rings is 1. The SMILES string of the molecule is O=C(F)/N=C(\O)c1cccs1.[Eu]. The minimum atomic E-state index is -1.89. The zero-order valence-electron chi connectivity index (χ0n) is 5.70. The summed E-state index contributed by atoms with van der Waals surface area (Å²) < 4.78 is 11.6. The Bertz CT molecular complexity index is 286. The first-order chi connectivity index (χ1) is 5.20. The molecule has 6 heteroatoms. The molecule has 0 bridgehead atoms. The van der Waals surface area contributed by atoms with E-state index in [1.807, 2.05) is 0 Å². The Morgan fingerprint density at radius 2 is 2.33 bits per heavy atom. The summed E-state index contributed by atoms with van der Waals surface area (Å²) in [4.78, 5) is 12.8. The van der Waals surface area contributed by atoms with Crippen LogP contribution in [0.3, 0.4) is 0 Å². The van der Waals surface area contributed by atoms with E-state index in [1.165, 1.54) is 17.4 Å². The van der Waals surface area contributed by atoms with E-state index in [0.29, 0.717) is 4.88 Å². The molecule has 0 spiro atoms. The van der Waals surface area contributed by atoms with Crippen molar-refractivity contribution in [2.24, 2.45) is 4.99 Å². The van der Waals surface area contributed by atoms with Crippen LogP contribution in [0.15, 0.2) is 22.5 Å². The topological polar surface area (TPSA) is 49.7 Å². The van der Waals surface area contributed by atoms with Gasteiger partial charge in [0.05, 0.1) is 4.88 Å². The second kappa shape index (κ2) is 5.91. The Balaban J connectivity index is 0.00000121. The molecule has 1 aromatic rings. The molecule has 1 aromatic heterocycles. The fourth-order valence-electron chi connectivity index (χ4n) is 0.544. The Morgan fingerprint density at radius 3 is 2.75 bits per heavy atom. The number of nitrogens with zero attached hydrogens (tertiary/aromatic N) is 1. The molecule has 0 aromatic carbocycles. The van der Waals surface area contributed by atoms with Gasteiger partial charge in [0.1, 0.15) is 0 Å². The molecule has 1 heterocycles. The van der Waals surface area contributed by atoms with Crippen LogP contribution in [0.1, 0.15) is 4.88 Å². The third kappa shape index (κ3) is 3.84. The average Bonchev–Trinajstić information content (AvgIpc) is 2.35. The summed E-state index contributed by atoms with van der Waals surface area (Å²) in [6.45, 7) is 0. The second-order valence-corrected chi connectivity index (χ2v) is 2.61. The predicted molar refractivity (Wildman–Crippen MR) is 40.0 cm³/mol. The molecule has 0 saturated heterocycles. The first kappa shape index (κ1) is 12.4. The summed E-state index contributed by atoms with van der Waals surface area (Å²) >= 11 is 1.17. The van der Waals surface area contributed by atoms with Crippen LogP contribution in [0.5, 0.6) is 0 Å². The van der Waals surface area contributed by atoms with Gasteiger partial charge in [0, 0.05) is 49.4 Å². The summed E-state index contributed by atoms with van der Waals surface area (Å²) in [5, 5.41) is 10.6. The van der Waals surface area contributed by atoms with Gasteiger partial charge in [-0.05, 0) is 11.4 Å². The van der Waals surface area contributed by atoms with E-state index in [2.05, 4.69) is 4.99 Å². The zero-order valence-corrected chi connectivity index (χ0v) is 8.94. The monoisotopic (exact) mass is 326 g/mol. The maximum atomic E-state index is 11.6. The quantitative estimate of drug-likeness (QED) is 0.372. The molecule has 0 fully saturated rings. The van der Waals surface area contributed by atoms with Crippen LogP contribution in [-0.2, 0) is 0 Å². The molecule has 0 aliphatic heterocycles. The molecule has 65 valence electrons. The molecule has 0 atom stereocenters. The maximum Gasteiger partial charge on any atom is 0.427 e. The minimum Gasteiger partial charge on any atom is -0.492 e. The molecule has 3 nitrogen and oxygen atoms in total. The first-order valence-corrected chi connectivity index (χ1v) is 3.59. The second-order valence-electron chi connectivity index (χ2n) is 1.67. The third-order valence-electron chi connectivity index (χ3n) is 0.935. The molecule has 0 unspecified atom stereocenters. The van der Waals surface area contributed by atoms with E-state index in [9.17, 15) is 9.18 Å². The molecule has 1 rings (SSSR count). The van der Waals surface area contributed by atoms with Gasteiger partial charge in [0.25, 0.3) is 0 Å². The minimum absolute atomic E-state index is 0.